The Morgan fingerprint density at radius 1 is 1.03 bits per heavy atom. The highest BCUT2D eigenvalue weighted by atomic mass is 16.5. The molecule has 1 amide bonds. The maximum atomic E-state index is 13.1. The molecule has 0 radical (unpaired) electrons. The summed E-state index contributed by atoms with van der Waals surface area (Å²) in [7, 11) is 1.69. The molecule has 7 rings (SSSR count). The van der Waals surface area contributed by atoms with Crippen LogP contribution in [0, 0.1) is 17.8 Å². The van der Waals surface area contributed by atoms with E-state index in [0.29, 0.717) is 29.8 Å². The molecule has 184 valence electrons. The number of hydrogen-bond acceptors (Lipinski definition) is 6. The van der Waals surface area contributed by atoms with Crippen molar-refractivity contribution >= 4 is 17.3 Å². The molecule has 7 nitrogen and oxygen atoms in total. The van der Waals surface area contributed by atoms with Crippen molar-refractivity contribution in [1.82, 2.24) is 16.2 Å². The second kappa shape index (κ2) is 8.22. The lowest BCUT2D eigenvalue weighted by Gasteiger charge is -2.34. The van der Waals surface area contributed by atoms with Gasteiger partial charge in [-0.05, 0) is 84.9 Å². The van der Waals surface area contributed by atoms with Crippen molar-refractivity contribution in [2.45, 2.75) is 43.2 Å². The van der Waals surface area contributed by atoms with Crippen LogP contribution >= 0.6 is 0 Å². The summed E-state index contributed by atoms with van der Waals surface area (Å²) in [5, 5.41) is 6.57. The van der Waals surface area contributed by atoms with Gasteiger partial charge in [0.05, 0.1) is 18.6 Å². The molecule has 7 heteroatoms. The molecule has 3 heterocycles. The number of hydrogen-bond donors (Lipinski definition) is 4. The maximum absolute atomic E-state index is 13.1. The highest BCUT2D eigenvalue weighted by Gasteiger charge is 2.67. The number of amides is 1. The monoisotopic (exact) mass is 473 g/mol. The van der Waals surface area contributed by atoms with E-state index in [0.717, 1.165) is 56.0 Å². The highest BCUT2D eigenvalue weighted by Crippen LogP contribution is 2.65. The number of carbonyl (C=O) groups is 1. The molecule has 2 aromatic rings. The minimum absolute atomic E-state index is 0.188. The molecule has 2 saturated heterocycles. The van der Waals surface area contributed by atoms with Crippen molar-refractivity contribution in [3.63, 3.8) is 0 Å². The topological polar surface area (TPSA) is 77.7 Å². The van der Waals surface area contributed by atoms with Crippen molar-refractivity contribution in [3.05, 3.63) is 53.6 Å². The molecule has 35 heavy (non-hydrogen) atoms. The second-order valence-corrected chi connectivity index (χ2v) is 11.1. The van der Waals surface area contributed by atoms with E-state index >= 15 is 0 Å². The fourth-order valence-electron chi connectivity index (χ4n) is 7.52. The number of nitrogens with zero attached hydrogens (tertiary/aromatic N) is 1. The van der Waals surface area contributed by atoms with Crippen molar-refractivity contribution in [2.24, 2.45) is 17.8 Å². The lowest BCUT2D eigenvalue weighted by atomic mass is 9.72. The summed E-state index contributed by atoms with van der Waals surface area (Å²) in [5.41, 5.74) is 11.7. The fraction of sp³-hybridized carbons (Fsp3) is 0.536. The molecule has 2 aliphatic carbocycles. The van der Waals surface area contributed by atoms with Gasteiger partial charge >= 0.3 is 0 Å². The van der Waals surface area contributed by atoms with Gasteiger partial charge in [0.15, 0.2) is 0 Å². The maximum Gasteiger partial charge on any atom is 0.235 e. The average molecular weight is 474 g/mol. The summed E-state index contributed by atoms with van der Waals surface area (Å²) >= 11 is 0. The lowest BCUT2D eigenvalue weighted by molar-refractivity contribution is -0.118. The van der Waals surface area contributed by atoms with E-state index in [1.165, 1.54) is 24.1 Å². The van der Waals surface area contributed by atoms with Crippen molar-refractivity contribution < 1.29 is 9.53 Å². The number of carbonyl (C=O) groups excluding carboxylic acids is 1. The Hall–Kier alpha value is -2.61. The third-order valence-corrected chi connectivity index (χ3v) is 9.48. The third-order valence-electron chi connectivity index (χ3n) is 9.48. The number of piperazine rings is 1. The van der Waals surface area contributed by atoms with Crippen LogP contribution in [-0.2, 0) is 10.2 Å². The van der Waals surface area contributed by atoms with Gasteiger partial charge in [0.1, 0.15) is 5.75 Å². The molecule has 5 unspecified atom stereocenters. The lowest BCUT2D eigenvalue weighted by Crippen LogP contribution is -2.43. The average Bonchev–Trinajstić information content (AvgIpc) is 3.44. The number of methoxy groups -OCH3 is 1. The van der Waals surface area contributed by atoms with Crippen LogP contribution in [-0.4, -0.2) is 45.2 Å². The SMILES string of the molecule is COc1ccc2c(c1)[C@]1(CC1C1CCC3C(C1)NNC3c1ccc(N3CCNCC3)cc1)C(=O)N2. The number of hydrazine groups is 1. The first-order chi connectivity index (χ1) is 17.2. The number of rotatable bonds is 4. The molecule has 5 aliphatic rings. The van der Waals surface area contributed by atoms with Crippen molar-refractivity contribution in [3.8, 4) is 5.75 Å². The largest absolute Gasteiger partial charge is 0.497 e. The van der Waals surface area contributed by atoms with E-state index in [1.807, 2.05) is 12.1 Å². The Morgan fingerprint density at radius 3 is 2.66 bits per heavy atom. The molecule has 6 atom stereocenters. The van der Waals surface area contributed by atoms with Crippen LogP contribution in [0.3, 0.4) is 0 Å². The summed E-state index contributed by atoms with van der Waals surface area (Å²) in [6.07, 6.45) is 4.48. The van der Waals surface area contributed by atoms with Crippen LogP contribution in [0.25, 0.3) is 0 Å². The third kappa shape index (κ3) is 3.39. The summed E-state index contributed by atoms with van der Waals surface area (Å²) in [4.78, 5) is 15.6. The molecule has 4 fully saturated rings. The first kappa shape index (κ1) is 21.7. The summed E-state index contributed by atoms with van der Waals surface area (Å²) in [6, 6.07) is 16.0. The smallest absolute Gasteiger partial charge is 0.235 e. The van der Waals surface area contributed by atoms with E-state index in [9.17, 15) is 4.79 Å². The Balaban J connectivity index is 1.04. The molecule has 2 saturated carbocycles. The normalized spacial score (nSPS) is 35.5. The van der Waals surface area contributed by atoms with Crippen LogP contribution in [0.1, 0.15) is 42.9 Å². The number of anilines is 2. The van der Waals surface area contributed by atoms with E-state index in [1.54, 1.807) is 7.11 Å². The molecule has 4 N–H and O–H groups in total. The molecule has 3 aliphatic heterocycles. The van der Waals surface area contributed by atoms with Gasteiger partial charge in [0.2, 0.25) is 5.91 Å². The molecule has 1 spiro atoms. The second-order valence-electron chi connectivity index (χ2n) is 11.1. The fourth-order valence-corrected chi connectivity index (χ4v) is 7.52. The zero-order valence-corrected chi connectivity index (χ0v) is 20.3. The standard InChI is InChI=1S/C28H35N5O2/c1-35-20-7-9-24-22(15-20)28(27(34)30-24)16-23(28)18-4-8-21-25(14-18)31-32-26(21)17-2-5-19(6-3-17)33-12-10-29-11-13-33/h2-3,5-7,9,15,18,21,23,25-26,29,31-32H,4,8,10-14,16H2,1H3,(H,30,34)/t18?,21?,23?,25?,26?,28-/m0/s1. The van der Waals surface area contributed by atoms with Gasteiger partial charge in [-0.25, -0.2) is 5.43 Å². The van der Waals surface area contributed by atoms with Gasteiger partial charge in [-0.3, -0.25) is 10.2 Å². The molecular formula is C28H35N5O2. The Kier molecular flexibility index (Phi) is 5.09. The van der Waals surface area contributed by atoms with E-state index < -0.39 is 0 Å². The minimum atomic E-state index is -0.341. The molecule has 2 aromatic carbocycles. The Labute approximate surface area is 207 Å². The quantitative estimate of drug-likeness (QED) is 0.547. The Bertz CT molecular complexity index is 1130. The van der Waals surface area contributed by atoms with E-state index in [-0.39, 0.29) is 11.3 Å². The van der Waals surface area contributed by atoms with Crippen molar-refractivity contribution in [1.29, 1.82) is 0 Å². The van der Waals surface area contributed by atoms with E-state index in [4.69, 9.17) is 4.74 Å². The molecular weight excluding hydrogens is 438 g/mol. The summed E-state index contributed by atoms with van der Waals surface area (Å²) in [6.45, 7) is 4.27. The number of ether oxygens (including phenoxy) is 1. The van der Waals surface area contributed by atoms with Crippen LogP contribution in [0.2, 0.25) is 0 Å². The van der Waals surface area contributed by atoms with Gasteiger partial charge in [0.25, 0.3) is 0 Å². The van der Waals surface area contributed by atoms with Crippen molar-refractivity contribution in [2.75, 3.05) is 43.5 Å². The van der Waals surface area contributed by atoms with Gasteiger partial charge in [0, 0.05) is 43.6 Å². The number of benzene rings is 2. The minimum Gasteiger partial charge on any atom is -0.497 e. The van der Waals surface area contributed by atoms with Gasteiger partial charge in [-0.1, -0.05) is 12.1 Å². The zero-order valence-electron chi connectivity index (χ0n) is 20.3. The van der Waals surface area contributed by atoms with Crippen LogP contribution in [0.15, 0.2) is 42.5 Å². The zero-order chi connectivity index (χ0) is 23.6. The first-order valence-corrected chi connectivity index (χ1v) is 13.2. The first-order valence-electron chi connectivity index (χ1n) is 13.2. The van der Waals surface area contributed by atoms with Crippen LogP contribution in [0.4, 0.5) is 11.4 Å². The van der Waals surface area contributed by atoms with Crippen LogP contribution in [0.5, 0.6) is 5.75 Å². The predicted molar refractivity (Wildman–Crippen MR) is 137 cm³/mol. The van der Waals surface area contributed by atoms with E-state index in [2.05, 4.69) is 56.7 Å². The number of nitrogens with one attached hydrogen (secondary N) is 4. The van der Waals surface area contributed by atoms with Crippen LogP contribution < -0.4 is 31.1 Å². The Morgan fingerprint density at radius 2 is 1.86 bits per heavy atom. The van der Waals surface area contributed by atoms with Gasteiger partial charge in [-0.15, -0.1) is 0 Å². The highest BCUT2D eigenvalue weighted by molar-refractivity contribution is 6.09. The van der Waals surface area contributed by atoms with Gasteiger partial charge in [-0.2, -0.15) is 0 Å². The van der Waals surface area contributed by atoms with Gasteiger partial charge < -0.3 is 20.3 Å². The number of fused-ring (bicyclic) bond motifs is 3. The molecule has 0 bridgehead atoms. The molecule has 0 aromatic heterocycles. The predicted octanol–water partition coefficient (Wildman–Crippen LogP) is 2.95. The summed E-state index contributed by atoms with van der Waals surface area (Å²) < 4.78 is 5.47. The summed E-state index contributed by atoms with van der Waals surface area (Å²) in [5.74, 6) is 2.61.